The van der Waals surface area contributed by atoms with Gasteiger partial charge in [-0.15, -0.1) is 35.9 Å². The van der Waals surface area contributed by atoms with Crippen LogP contribution in [0.15, 0.2) is 54.7 Å². The van der Waals surface area contributed by atoms with Crippen molar-refractivity contribution in [2.24, 2.45) is 11.8 Å². The molecule has 31 heavy (non-hydrogen) atoms. The summed E-state index contributed by atoms with van der Waals surface area (Å²) in [7, 11) is 0. The molecule has 2 aliphatic rings. The third kappa shape index (κ3) is 5.81. The van der Waals surface area contributed by atoms with Crippen molar-refractivity contribution >= 4 is 10.8 Å². The Balaban J connectivity index is 0.000000176. The van der Waals surface area contributed by atoms with Crippen LogP contribution in [0.5, 0.6) is 0 Å². The minimum atomic E-state index is -0.234. The molecular formula is C27H32IrNO2-. The van der Waals surface area contributed by atoms with Crippen LogP contribution in [0.25, 0.3) is 22.0 Å². The van der Waals surface area contributed by atoms with E-state index in [1.807, 2.05) is 30.5 Å². The topological polar surface area (TPSA) is 53.4 Å². The van der Waals surface area contributed by atoms with E-state index in [0.29, 0.717) is 5.92 Å². The Morgan fingerprint density at radius 3 is 2.42 bits per heavy atom. The number of pyridine rings is 1. The van der Waals surface area contributed by atoms with Gasteiger partial charge in [0, 0.05) is 32.2 Å². The van der Waals surface area contributed by atoms with Crippen molar-refractivity contribution < 1.29 is 30.3 Å². The average Bonchev–Trinajstić information content (AvgIpc) is 2.96. The van der Waals surface area contributed by atoms with E-state index in [2.05, 4.69) is 42.2 Å². The van der Waals surface area contributed by atoms with E-state index in [-0.39, 0.29) is 38.2 Å². The molecule has 5 rings (SSSR count). The van der Waals surface area contributed by atoms with Gasteiger partial charge in [-0.25, -0.2) is 0 Å². The Hall–Kier alpha value is -1.58. The molecule has 2 fully saturated rings. The number of benzene rings is 2. The van der Waals surface area contributed by atoms with Gasteiger partial charge in [-0.2, -0.15) is 0 Å². The minimum Gasteiger partial charge on any atom is -0.393 e. The fraction of sp³-hybridized carbons (Fsp3) is 0.444. The summed E-state index contributed by atoms with van der Waals surface area (Å²) in [6.07, 6.45) is 9.17. The van der Waals surface area contributed by atoms with Crippen LogP contribution in [-0.4, -0.2) is 27.4 Å². The molecule has 0 spiro atoms. The molecule has 0 amide bonds. The molecule has 2 aliphatic carbocycles. The molecule has 1 heterocycles. The summed E-state index contributed by atoms with van der Waals surface area (Å²) < 4.78 is 0. The zero-order chi connectivity index (χ0) is 20.9. The van der Waals surface area contributed by atoms with Gasteiger partial charge in [0.15, 0.2) is 0 Å². The number of hydrogen-bond donors (Lipinski definition) is 2. The van der Waals surface area contributed by atoms with E-state index in [1.54, 1.807) is 0 Å². The second-order valence-corrected chi connectivity index (χ2v) is 8.85. The van der Waals surface area contributed by atoms with Gasteiger partial charge in [-0.05, 0) is 61.1 Å². The van der Waals surface area contributed by atoms with Crippen molar-refractivity contribution in [1.82, 2.24) is 4.98 Å². The van der Waals surface area contributed by atoms with Gasteiger partial charge in [0.2, 0.25) is 0 Å². The summed E-state index contributed by atoms with van der Waals surface area (Å²) >= 11 is 0. The molecule has 2 N–H and O–H groups in total. The quantitative estimate of drug-likeness (QED) is 0.355. The molecule has 0 aliphatic heterocycles. The molecule has 4 atom stereocenters. The Morgan fingerprint density at radius 1 is 0.903 bits per heavy atom. The number of aliphatic hydroxyl groups is 2. The van der Waals surface area contributed by atoms with Gasteiger partial charge < -0.3 is 15.2 Å². The van der Waals surface area contributed by atoms with E-state index in [1.165, 1.54) is 35.6 Å². The van der Waals surface area contributed by atoms with Crippen LogP contribution in [0.4, 0.5) is 0 Å². The van der Waals surface area contributed by atoms with E-state index in [0.717, 1.165) is 36.9 Å². The molecular weight excluding hydrogens is 563 g/mol. The summed E-state index contributed by atoms with van der Waals surface area (Å²) in [4.78, 5) is 4.48. The fourth-order valence-electron chi connectivity index (χ4n) is 5.20. The van der Waals surface area contributed by atoms with Gasteiger partial charge >= 0.3 is 0 Å². The Morgan fingerprint density at radius 2 is 1.65 bits per heavy atom. The van der Waals surface area contributed by atoms with Crippen molar-refractivity contribution in [2.75, 3.05) is 0 Å². The number of hydrogen-bond acceptors (Lipinski definition) is 3. The number of aryl methyl sites for hydroxylation is 1. The first kappa shape index (κ1) is 24.1. The maximum Gasteiger partial charge on any atom is 0.0595 e. The Labute approximate surface area is 199 Å². The standard InChI is InChI=1S/C16H12N.C11H20O2.Ir/c1-12-7-8-15-14(11-12)9-10-17-16(15)13-5-3-2-4-6-13;12-9-6-2-1-4-8-5-3-7-10(13)11(8)9;/h2-5,7-11H,1H3;8-13H,1-7H2;/q-1;;. The van der Waals surface area contributed by atoms with Crippen molar-refractivity contribution in [3.63, 3.8) is 0 Å². The summed E-state index contributed by atoms with van der Waals surface area (Å²) in [5.41, 5.74) is 3.32. The number of fused-ring (bicyclic) bond motifs is 2. The van der Waals surface area contributed by atoms with E-state index < -0.39 is 0 Å². The SMILES string of the molecule is Cc1ccc2c(-c3[c-]cccc3)nccc2c1.OC1CCCCC2CCCC(O)C12.[Ir]. The molecule has 1 radical (unpaired) electrons. The minimum absolute atomic E-state index is 0. The van der Waals surface area contributed by atoms with E-state index in [4.69, 9.17) is 0 Å². The fourth-order valence-corrected chi connectivity index (χ4v) is 5.20. The first-order valence-electron chi connectivity index (χ1n) is 11.3. The molecule has 167 valence electrons. The van der Waals surface area contributed by atoms with E-state index >= 15 is 0 Å². The molecule has 2 saturated carbocycles. The van der Waals surface area contributed by atoms with Gasteiger partial charge in [0.05, 0.1) is 12.2 Å². The largest absolute Gasteiger partial charge is 0.393 e. The van der Waals surface area contributed by atoms with Crippen molar-refractivity contribution in [1.29, 1.82) is 0 Å². The monoisotopic (exact) mass is 595 g/mol. The Bertz CT molecular complexity index is 962. The third-order valence-corrected chi connectivity index (χ3v) is 6.72. The average molecular weight is 595 g/mol. The molecule has 3 aromatic rings. The van der Waals surface area contributed by atoms with Gasteiger partial charge in [0.25, 0.3) is 0 Å². The molecule has 0 saturated heterocycles. The summed E-state index contributed by atoms with van der Waals surface area (Å²) in [5, 5.41) is 22.1. The summed E-state index contributed by atoms with van der Waals surface area (Å²) in [6.45, 7) is 2.11. The van der Waals surface area contributed by atoms with Crippen LogP contribution in [0.3, 0.4) is 0 Å². The van der Waals surface area contributed by atoms with Gasteiger partial charge in [-0.1, -0.05) is 43.0 Å². The van der Waals surface area contributed by atoms with Crippen LogP contribution in [0.1, 0.15) is 50.5 Å². The number of aromatic nitrogens is 1. The number of aliphatic hydroxyl groups excluding tert-OH is 2. The normalized spacial score (nSPS) is 25.4. The molecule has 0 bridgehead atoms. The Kier molecular flexibility index (Phi) is 8.80. The van der Waals surface area contributed by atoms with Crippen molar-refractivity contribution in [3.05, 3.63) is 66.4 Å². The molecule has 1 aromatic heterocycles. The van der Waals surface area contributed by atoms with Gasteiger partial charge in [0.1, 0.15) is 0 Å². The van der Waals surface area contributed by atoms with Crippen LogP contribution < -0.4 is 0 Å². The molecule has 4 heteroatoms. The van der Waals surface area contributed by atoms with Crippen LogP contribution >= 0.6 is 0 Å². The summed E-state index contributed by atoms with van der Waals surface area (Å²) in [5.74, 6) is 0.789. The second-order valence-electron chi connectivity index (χ2n) is 8.85. The zero-order valence-electron chi connectivity index (χ0n) is 18.1. The van der Waals surface area contributed by atoms with Crippen LogP contribution in [0.2, 0.25) is 0 Å². The zero-order valence-corrected chi connectivity index (χ0v) is 20.5. The second kappa shape index (κ2) is 11.3. The van der Waals surface area contributed by atoms with Crippen molar-refractivity contribution in [2.45, 2.75) is 64.1 Å². The predicted octanol–water partition coefficient (Wildman–Crippen LogP) is 5.71. The van der Waals surface area contributed by atoms with Gasteiger partial charge in [-0.3, -0.25) is 0 Å². The smallest absolute Gasteiger partial charge is 0.0595 e. The molecule has 3 nitrogen and oxygen atoms in total. The number of rotatable bonds is 1. The molecule has 4 unspecified atom stereocenters. The van der Waals surface area contributed by atoms with Crippen LogP contribution in [-0.2, 0) is 20.1 Å². The van der Waals surface area contributed by atoms with Crippen molar-refractivity contribution in [3.8, 4) is 11.3 Å². The number of nitrogens with zero attached hydrogens (tertiary/aromatic N) is 1. The first-order chi connectivity index (χ1) is 14.6. The summed E-state index contributed by atoms with van der Waals surface area (Å²) in [6, 6.07) is 19.7. The third-order valence-electron chi connectivity index (χ3n) is 6.72. The maximum absolute atomic E-state index is 9.89. The maximum atomic E-state index is 9.89. The predicted molar refractivity (Wildman–Crippen MR) is 122 cm³/mol. The van der Waals surface area contributed by atoms with E-state index in [9.17, 15) is 10.2 Å². The first-order valence-corrected chi connectivity index (χ1v) is 11.3. The van der Waals surface area contributed by atoms with Crippen LogP contribution in [0, 0.1) is 24.8 Å². The molecule has 2 aromatic carbocycles.